The first-order valence-electron chi connectivity index (χ1n) is 4.67. The highest BCUT2D eigenvalue weighted by molar-refractivity contribution is 5.89. The monoisotopic (exact) mass is 186 g/mol. The fraction of sp³-hybridized carbons (Fsp3) is 0.889. The van der Waals surface area contributed by atoms with Crippen molar-refractivity contribution < 1.29 is 9.90 Å². The zero-order valence-electron chi connectivity index (χ0n) is 8.26. The van der Waals surface area contributed by atoms with Gasteiger partial charge in [0, 0.05) is 25.0 Å². The predicted octanol–water partition coefficient (Wildman–Crippen LogP) is -0.865. The van der Waals surface area contributed by atoms with E-state index in [2.05, 4.69) is 10.6 Å². The fourth-order valence-electron chi connectivity index (χ4n) is 1.39. The van der Waals surface area contributed by atoms with E-state index in [9.17, 15) is 4.79 Å². The van der Waals surface area contributed by atoms with E-state index in [0.29, 0.717) is 6.54 Å². The van der Waals surface area contributed by atoms with Crippen LogP contribution in [0.2, 0.25) is 0 Å². The number of carbonyl (C=O) groups is 1. The highest BCUT2D eigenvalue weighted by atomic mass is 16.3. The number of aliphatic hydroxyl groups is 1. The van der Waals surface area contributed by atoms with E-state index >= 15 is 0 Å². The molecule has 1 atom stereocenters. The zero-order chi connectivity index (χ0) is 9.90. The van der Waals surface area contributed by atoms with Crippen LogP contribution in [-0.4, -0.2) is 43.2 Å². The van der Waals surface area contributed by atoms with Gasteiger partial charge in [-0.05, 0) is 0 Å². The number of carbonyl (C=O) groups excluding carboxylic acids is 1. The Hall–Kier alpha value is -0.450. The number of piperazine rings is 1. The quantitative estimate of drug-likeness (QED) is 0.536. The summed E-state index contributed by atoms with van der Waals surface area (Å²) in [5.74, 6) is 0.0854. The van der Waals surface area contributed by atoms with Crippen molar-refractivity contribution in [3.05, 3.63) is 0 Å². The molecule has 4 heteroatoms. The summed E-state index contributed by atoms with van der Waals surface area (Å²) in [5, 5.41) is 15.3. The Bertz CT molecular complexity index is 186. The standard InChI is InChI=1S/C9H18N2O2/c1-9(2,6-12)8(13)7-5-10-3-4-11-7/h7,10-12H,3-6H2,1-2H3. The van der Waals surface area contributed by atoms with Crippen molar-refractivity contribution in [2.75, 3.05) is 26.2 Å². The smallest absolute Gasteiger partial charge is 0.158 e. The summed E-state index contributed by atoms with van der Waals surface area (Å²) in [5.41, 5.74) is -0.628. The van der Waals surface area contributed by atoms with E-state index in [0.717, 1.165) is 13.1 Å². The molecular formula is C9H18N2O2. The summed E-state index contributed by atoms with van der Waals surface area (Å²) in [6, 6.07) is -0.143. The van der Waals surface area contributed by atoms with E-state index in [-0.39, 0.29) is 18.4 Å². The van der Waals surface area contributed by atoms with Crippen molar-refractivity contribution in [2.24, 2.45) is 5.41 Å². The summed E-state index contributed by atoms with van der Waals surface area (Å²) < 4.78 is 0. The molecule has 0 saturated carbocycles. The number of hydrogen-bond acceptors (Lipinski definition) is 4. The molecule has 1 heterocycles. The van der Waals surface area contributed by atoms with Crippen LogP contribution in [0, 0.1) is 5.41 Å². The molecule has 13 heavy (non-hydrogen) atoms. The van der Waals surface area contributed by atoms with Crippen LogP contribution < -0.4 is 10.6 Å². The first-order valence-corrected chi connectivity index (χ1v) is 4.67. The second-order valence-electron chi connectivity index (χ2n) is 4.12. The molecule has 1 saturated heterocycles. The van der Waals surface area contributed by atoms with Gasteiger partial charge in [-0.1, -0.05) is 13.8 Å². The van der Waals surface area contributed by atoms with Gasteiger partial charge in [-0.2, -0.15) is 0 Å². The van der Waals surface area contributed by atoms with Crippen molar-refractivity contribution >= 4 is 5.78 Å². The van der Waals surface area contributed by atoms with Gasteiger partial charge in [0.1, 0.15) is 0 Å². The van der Waals surface area contributed by atoms with Crippen LogP contribution in [0.3, 0.4) is 0 Å². The molecule has 0 amide bonds. The molecule has 1 rings (SSSR count). The number of hydrogen-bond donors (Lipinski definition) is 3. The third-order valence-corrected chi connectivity index (χ3v) is 2.42. The number of nitrogens with one attached hydrogen (secondary N) is 2. The van der Waals surface area contributed by atoms with Gasteiger partial charge in [-0.15, -0.1) is 0 Å². The van der Waals surface area contributed by atoms with Gasteiger partial charge in [-0.25, -0.2) is 0 Å². The normalized spacial score (nSPS) is 24.4. The zero-order valence-corrected chi connectivity index (χ0v) is 8.26. The first kappa shape index (κ1) is 10.6. The van der Waals surface area contributed by atoms with Gasteiger partial charge in [0.05, 0.1) is 12.6 Å². The van der Waals surface area contributed by atoms with E-state index in [1.165, 1.54) is 0 Å². The Morgan fingerprint density at radius 1 is 1.54 bits per heavy atom. The molecule has 3 N–H and O–H groups in total. The van der Waals surface area contributed by atoms with Crippen LogP contribution in [0.4, 0.5) is 0 Å². The SMILES string of the molecule is CC(C)(CO)C(=O)C1CNCCN1. The summed E-state index contributed by atoms with van der Waals surface area (Å²) in [4.78, 5) is 11.8. The van der Waals surface area contributed by atoms with Gasteiger partial charge >= 0.3 is 0 Å². The summed E-state index contributed by atoms with van der Waals surface area (Å²) in [6.07, 6.45) is 0. The molecule has 4 nitrogen and oxygen atoms in total. The van der Waals surface area contributed by atoms with Crippen molar-refractivity contribution in [2.45, 2.75) is 19.9 Å². The second-order valence-corrected chi connectivity index (χ2v) is 4.12. The lowest BCUT2D eigenvalue weighted by molar-refractivity contribution is -0.131. The molecule has 0 aliphatic carbocycles. The van der Waals surface area contributed by atoms with Crippen molar-refractivity contribution in [1.29, 1.82) is 0 Å². The molecule has 0 spiro atoms. The maximum atomic E-state index is 11.8. The van der Waals surface area contributed by atoms with E-state index < -0.39 is 5.41 Å². The lowest BCUT2D eigenvalue weighted by atomic mass is 9.84. The molecule has 1 fully saturated rings. The number of aliphatic hydroxyl groups excluding tert-OH is 1. The van der Waals surface area contributed by atoms with Crippen LogP contribution in [0.25, 0.3) is 0 Å². The van der Waals surface area contributed by atoms with Crippen molar-refractivity contribution in [1.82, 2.24) is 10.6 Å². The molecule has 0 bridgehead atoms. The summed E-state index contributed by atoms with van der Waals surface area (Å²) >= 11 is 0. The van der Waals surface area contributed by atoms with Crippen LogP contribution in [0.15, 0.2) is 0 Å². The minimum atomic E-state index is -0.628. The Balaban J connectivity index is 2.55. The third kappa shape index (κ3) is 2.49. The minimum absolute atomic E-state index is 0.0854. The maximum Gasteiger partial charge on any atom is 0.158 e. The lowest BCUT2D eigenvalue weighted by Gasteiger charge is -2.30. The van der Waals surface area contributed by atoms with Gasteiger partial charge in [0.15, 0.2) is 5.78 Å². The third-order valence-electron chi connectivity index (χ3n) is 2.42. The minimum Gasteiger partial charge on any atom is -0.395 e. The first-order chi connectivity index (χ1) is 6.08. The van der Waals surface area contributed by atoms with Gasteiger partial charge in [0.2, 0.25) is 0 Å². The van der Waals surface area contributed by atoms with Crippen molar-refractivity contribution in [3.63, 3.8) is 0 Å². The van der Waals surface area contributed by atoms with Gasteiger partial charge in [0.25, 0.3) is 0 Å². The number of rotatable bonds is 3. The molecule has 1 aliphatic heterocycles. The highest BCUT2D eigenvalue weighted by Crippen LogP contribution is 2.17. The highest BCUT2D eigenvalue weighted by Gasteiger charge is 2.33. The Morgan fingerprint density at radius 3 is 2.69 bits per heavy atom. The lowest BCUT2D eigenvalue weighted by Crippen LogP contribution is -2.56. The topological polar surface area (TPSA) is 61.4 Å². The predicted molar refractivity (Wildman–Crippen MR) is 50.5 cm³/mol. The molecule has 0 aromatic heterocycles. The number of ketones is 1. The Morgan fingerprint density at radius 2 is 2.23 bits per heavy atom. The number of Topliss-reactive ketones (excluding diaryl/α,β-unsaturated/α-hetero) is 1. The second kappa shape index (κ2) is 4.17. The van der Waals surface area contributed by atoms with Crippen molar-refractivity contribution in [3.8, 4) is 0 Å². The average molecular weight is 186 g/mol. The molecule has 1 unspecified atom stereocenters. The van der Waals surface area contributed by atoms with E-state index in [1.54, 1.807) is 13.8 Å². The Kier molecular flexibility index (Phi) is 3.41. The Labute approximate surface area is 78.7 Å². The average Bonchev–Trinajstić information content (AvgIpc) is 2.18. The molecule has 76 valence electrons. The van der Waals surface area contributed by atoms with Gasteiger partial charge < -0.3 is 15.7 Å². The van der Waals surface area contributed by atoms with Crippen LogP contribution >= 0.6 is 0 Å². The molecule has 0 radical (unpaired) electrons. The summed E-state index contributed by atoms with van der Waals surface area (Å²) in [6.45, 7) is 5.84. The van der Waals surface area contributed by atoms with Gasteiger partial charge in [-0.3, -0.25) is 4.79 Å². The molecule has 0 aromatic carbocycles. The molecule has 0 aromatic rings. The fourth-order valence-corrected chi connectivity index (χ4v) is 1.39. The van der Waals surface area contributed by atoms with Crippen LogP contribution in [0.1, 0.15) is 13.8 Å². The van der Waals surface area contributed by atoms with Crippen LogP contribution in [-0.2, 0) is 4.79 Å². The maximum absolute atomic E-state index is 11.8. The molecular weight excluding hydrogens is 168 g/mol. The van der Waals surface area contributed by atoms with E-state index in [1.807, 2.05) is 0 Å². The molecule has 1 aliphatic rings. The largest absolute Gasteiger partial charge is 0.395 e. The van der Waals surface area contributed by atoms with E-state index in [4.69, 9.17) is 5.11 Å². The summed E-state index contributed by atoms with van der Waals surface area (Å²) in [7, 11) is 0. The van der Waals surface area contributed by atoms with Crippen LogP contribution in [0.5, 0.6) is 0 Å².